The third-order valence-electron chi connectivity index (χ3n) is 2.13. The first kappa shape index (κ1) is 11.4. The van der Waals surface area contributed by atoms with E-state index in [0.717, 1.165) is 5.70 Å². The predicted octanol–water partition coefficient (Wildman–Crippen LogP) is 3.84. The van der Waals surface area contributed by atoms with Gasteiger partial charge in [0.05, 0.1) is 5.70 Å². The Hall–Kier alpha value is -1.63. The van der Waals surface area contributed by atoms with Gasteiger partial charge in [-0.05, 0) is 24.5 Å². The van der Waals surface area contributed by atoms with E-state index >= 15 is 0 Å². The molecule has 0 spiro atoms. The molecule has 1 atom stereocenters. The molecule has 0 saturated carbocycles. The van der Waals surface area contributed by atoms with Crippen molar-refractivity contribution in [3.8, 4) is 0 Å². The van der Waals surface area contributed by atoms with Gasteiger partial charge in [0.25, 0.3) is 0 Å². The molecule has 0 saturated heterocycles. The second-order valence-electron chi connectivity index (χ2n) is 3.54. The van der Waals surface area contributed by atoms with E-state index in [0.29, 0.717) is 5.92 Å². The Bertz CT molecular complexity index is 365. The summed E-state index contributed by atoms with van der Waals surface area (Å²) in [6.07, 6.45) is 15.8. The Balaban J connectivity index is 2.83. The number of allylic oxidation sites excluding steroid dienone is 8. The highest BCUT2D eigenvalue weighted by Crippen LogP contribution is 2.16. The lowest BCUT2D eigenvalue weighted by Crippen LogP contribution is -1.86. The summed E-state index contributed by atoms with van der Waals surface area (Å²) in [7, 11) is 0. The quantitative estimate of drug-likeness (QED) is 0.612. The molecule has 78 valence electrons. The summed E-state index contributed by atoms with van der Waals surface area (Å²) < 4.78 is 0. The Kier molecular flexibility index (Phi) is 4.55. The van der Waals surface area contributed by atoms with Gasteiger partial charge in [-0.15, -0.1) is 0 Å². The summed E-state index contributed by atoms with van der Waals surface area (Å²) in [6.45, 7) is 7.84. The molecule has 0 aromatic rings. The molecular weight excluding hydrogens is 182 g/mol. The zero-order valence-corrected chi connectivity index (χ0v) is 9.35. The monoisotopic (exact) mass is 199 g/mol. The Morgan fingerprint density at radius 3 is 3.00 bits per heavy atom. The molecule has 1 heteroatoms. The fraction of sp³-hybridized carbons (Fsp3) is 0.214. The van der Waals surface area contributed by atoms with E-state index < -0.39 is 0 Å². The van der Waals surface area contributed by atoms with Crippen LogP contribution in [0.2, 0.25) is 0 Å². The lowest BCUT2D eigenvalue weighted by molar-refractivity contribution is 0.929. The van der Waals surface area contributed by atoms with Crippen LogP contribution in [0.15, 0.2) is 65.4 Å². The number of hydrogen-bond acceptors (Lipinski definition) is 1. The van der Waals surface area contributed by atoms with Gasteiger partial charge < -0.3 is 0 Å². The van der Waals surface area contributed by atoms with Crippen molar-refractivity contribution in [3.05, 3.63) is 60.4 Å². The molecule has 0 fully saturated rings. The summed E-state index contributed by atoms with van der Waals surface area (Å²) in [5, 5.41) is 0. The van der Waals surface area contributed by atoms with Crippen LogP contribution >= 0.6 is 0 Å². The molecule has 0 aromatic carbocycles. The van der Waals surface area contributed by atoms with Crippen LogP contribution in [-0.4, -0.2) is 6.21 Å². The first-order valence-corrected chi connectivity index (χ1v) is 5.13. The van der Waals surface area contributed by atoms with Crippen molar-refractivity contribution in [3.63, 3.8) is 0 Å². The normalized spacial score (nSPS) is 21.6. The van der Waals surface area contributed by atoms with E-state index in [4.69, 9.17) is 0 Å². The minimum atomic E-state index is 0.439. The van der Waals surface area contributed by atoms with E-state index in [1.165, 1.54) is 5.57 Å². The Labute approximate surface area is 91.9 Å². The van der Waals surface area contributed by atoms with Crippen LogP contribution in [0, 0.1) is 5.92 Å². The maximum Gasteiger partial charge on any atom is 0.0624 e. The van der Waals surface area contributed by atoms with Gasteiger partial charge in [-0.25, -0.2) is 0 Å². The van der Waals surface area contributed by atoms with E-state index in [9.17, 15) is 0 Å². The van der Waals surface area contributed by atoms with Gasteiger partial charge in [0.15, 0.2) is 0 Å². The number of aliphatic imine (C=N–C) groups is 1. The number of nitrogens with zero attached hydrogens (tertiary/aromatic N) is 1. The average Bonchev–Trinajstić information content (AvgIpc) is 2.43. The van der Waals surface area contributed by atoms with Gasteiger partial charge in [-0.3, -0.25) is 4.99 Å². The van der Waals surface area contributed by atoms with Crippen LogP contribution < -0.4 is 0 Å². The molecule has 1 heterocycles. The van der Waals surface area contributed by atoms with Crippen molar-refractivity contribution in [1.82, 2.24) is 0 Å². The highest BCUT2D eigenvalue weighted by atomic mass is 14.7. The highest BCUT2D eigenvalue weighted by molar-refractivity contribution is 5.73. The van der Waals surface area contributed by atoms with E-state index in [1.54, 1.807) is 6.08 Å². The van der Waals surface area contributed by atoms with Gasteiger partial charge in [0.1, 0.15) is 0 Å². The summed E-state index contributed by atoms with van der Waals surface area (Å²) in [5.74, 6) is 0.439. The zero-order valence-electron chi connectivity index (χ0n) is 9.35. The number of hydrogen-bond donors (Lipinski definition) is 0. The van der Waals surface area contributed by atoms with Gasteiger partial charge in [-0.2, -0.15) is 0 Å². The fourth-order valence-corrected chi connectivity index (χ4v) is 1.29. The first-order chi connectivity index (χ1) is 7.24. The molecule has 0 amide bonds. The van der Waals surface area contributed by atoms with Crippen molar-refractivity contribution in [2.45, 2.75) is 13.8 Å². The van der Waals surface area contributed by atoms with Crippen LogP contribution in [0.1, 0.15) is 13.8 Å². The SMILES string of the molecule is C=C/C=C\C=C(/C)C1=C[C@H](C)C=CC=N1. The van der Waals surface area contributed by atoms with Crippen molar-refractivity contribution in [2.75, 3.05) is 0 Å². The van der Waals surface area contributed by atoms with Gasteiger partial charge in [0, 0.05) is 6.21 Å². The standard InChI is InChI=1S/C14H17N/c1-4-5-6-9-13(3)14-11-12(2)8-7-10-15-14/h4-12H,1H2,2-3H3/b6-5-,13-9+/t12-/m1/s1. The molecule has 0 aliphatic carbocycles. The average molecular weight is 199 g/mol. The van der Waals surface area contributed by atoms with Gasteiger partial charge >= 0.3 is 0 Å². The summed E-state index contributed by atoms with van der Waals surface area (Å²) >= 11 is 0. The maximum atomic E-state index is 4.37. The summed E-state index contributed by atoms with van der Waals surface area (Å²) in [4.78, 5) is 4.37. The summed E-state index contributed by atoms with van der Waals surface area (Å²) in [5.41, 5.74) is 2.21. The van der Waals surface area contributed by atoms with Crippen LogP contribution in [0.5, 0.6) is 0 Å². The maximum absolute atomic E-state index is 4.37. The Morgan fingerprint density at radius 2 is 2.27 bits per heavy atom. The molecular formula is C14H17N. The van der Waals surface area contributed by atoms with Crippen molar-refractivity contribution in [1.29, 1.82) is 0 Å². The topological polar surface area (TPSA) is 12.4 Å². The lowest BCUT2D eigenvalue weighted by atomic mass is 10.1. The van der Waals surface area contributed by atoms with Crippen molar-refractivity contribution >= 4 is 6.21 Å². The highest BCUT2D eigenvalue weighted by Gasteiger charge is 2.01. The molecule has 1 aliphatic rings. The second-order valence-corrected chi connectivity index (χ2v) is 3.54. The summed E-state index contributed by atoms with van der Waals surface area (Å²) in [6, 6.07) is 0. The molecule has 1 aliphatic heterocycles. The molecule has 0 aromatic heterocycles. The predicted molar refractivity (Wildman–Crippen MR) is 68.0 cm³/mol. The fourth-order valence-electron chi connectivity index (χ4n) is 1.29. The van der Waals surface area contributed by atoms with Gasteiger partial charge in [0.2, 0.25) is 0 Å². The molecule has 0 unspecified atom stereocenters. The van der Waals surface area contributed by atoms with Crippen LogP contribution in [-0.2, 0) is 0 Å². The zero-order chi connectivity index (χ0) is 11.1. The minimum Gasteiger partial charge on any atom is -0.257 e. The van der Waals surface area contributed by atoms with Crippen molar-refractivity contribution < 1.29 is 0 Å². The third-order valence-corrected chi connectivity index (χ3v) is 2.13. The Morgan fingerprint density at radius 1 is 1.47 bits per heavy atom. The third kappa shape index (κ3) is 3.94. The van der Waals surface area contributed by atoms with Crippen LogP contribution in [0.25, 0.3) is 0 Å². The second kappa shape index (κ2) is 5.97. The van der Waals surface area contributed by atoms with E-state index in [2.05, 4.69) is 37.6 Å². The van der Waals surface area contributed by atoms with Crippen LogP contribution in [0.3, 0.4) is 0 Å². The number of rotatable bonds is 3. The molecule has 0 radical (unpaired) electrons. The van der Waals surface area contributed by atoms with Gasteiger partial charge in [-0.1, -0.05) is 50.0 Å². The lowest BCUT2D eigenvalue weighted by Gasteiger charge is -2.02. The molecule has 1 nitrogen and oxygen atoms in total. The van der Waals surface area contributed by atoms with Crippen LogP contribution in [0.4, 0.5) is 0 Å². The molecule has 0 bridgehead atoms. The molecule has 1 rings (SSSR count). The minimum absolute atomic E-state index is 0.439. The first-order valence-electron chi connectivity index (χ1n) is 5.13. The molecule has 15 heavy (non-hydrogen) atoms. The largest absolute Gasteiger partial charge is 0.257 e. The van der Waals surface area contributed by atoms with Crippen molar-refractivity contribution in [2.24, 2.45) is 10.9 Å². The molecule has 0 N–H and O–H groups in total. The van der Waals surface area contributed by atoms with E-state index in [1.807, 2.05) is 30.5 Å². The smallest absolute Gasteiger partial charge is 0.0624 e. The van der Waals surface area contributed by atoms with E-state index in [-0.39, 0.29) is 0 Å².